The molecule has 0 aromatic heterocycles. The molecule has 0 amide bonds. The van der Waals surface area contributed by atoms with Crippen molar-refractivity contribution in [3.63, 3.8) is 0 Å². The van der Waals surface area contributed by atoms with Gasteiger partial charge in [-0.2, -0.15) is 0 Å². The summed E-state index contributed by atoms with van der Waals surface area (Å²) >= 11 is 0. The maximum atomic E-state index is 9.56. The Morgan fingerprint density at radius 3 is 2.83 bits per heavy atom. The van der Waals surface area contributed by atoms with Crippen LogP contribution in [0.1, 0.15) is 31.2 Å². The van der Waals surface area contributed by atoms with Crippen LogP contribution in [0, 0.1) is 11.8 Å². The Hall–Kier alpha value is -0.860. The Balaban J connectivity index is 1.56. The molecule has 18 heavy (non-hydrogen) atoms. The summed E-state index contributed by atoms with van der Waals surface area (Å²) in [6.45, 7) is 0.239. The molecule has 3 rings (SSSR count). The van der Waals surface area contributed by atoms with E-state index in [0.717, 1.165) is 18.3 Å². The van der Waals surface area contributed by atoms with Gasteiger partial charge in [-0.1, -0.05) is 43.2 Å². The fourth-order valence-electron chi connectivity index (χ4n) is 3.49. The van der Waals surface area contributed by atoms with Gasteiger partial charge in [0, 0.05) is 12.1 Å². The maximum absolute atomic E-state index is 9.56. The summed E-state index contributed by atoms with van der Waals surface area (Å²) in [5.41, 5.74) is 1.31. The van der Waals surface area contributed by atoms with Gasteiger partial charge in [-0.3, -0.25) is 0 Å². The summed E-state index contributed by atoms with van der Waals surface area (Å²) in [5, 5.41) is 13.3. The molecule has 2 saturated carbocycles. The predicted octanol–water partition coefficient (Wildman–Crippen LogP) is 2.37. The van der Waals surface area contributed by atoms with Crippen LogP contribution in [0.25, 0.3) is 0 Å². The van der Waals surface area contributed by atoms with E-state index in [1.165, 1.54) is 31.2 Å². The summed E-state index contributed by atoms with van der Waals surface area (Å²) < 4.78 is 0. The van der Waals surface area contributed by atoms with Crippen molar-refractivity contribution in [2.75, 3.05) is 6.61 Å². The van der Waals surface area contributed by atoms with Crippen LogP contribution in [0.15, 0.2) is 30.3 Å². The van der Waals surface area contributed by atoms with E-state index in [2.05, 4.69) is 29.6 Å². The molecule has 0 heterocycles. The fraction of sp³-hybridized carbons (Fsp3) is 0.625. The van der Waals surface area contributed by atoms with Crippen LogP contribution in [0.4, 0.5) is 0 Å². The van der Waals surface area contributed by atoms with Crippen molar-refractivity contribution in [3.8, 4) is 0 Å². The smallest absolute Gasteiger partial charge is 0.0587 e. The van der Waals surface area contributed by atoms with E-state index in [9.17, 15) is 5.11 Å². The number of aliphatic hydroxyl groups excluding tert-OH is 1. The Kier molecular flexibility index (Phi) is 3.67. The van der Waals surface area contributed by atoms with Crippen LogP contribution in [0.2, 0.25) is 0 Å². The monoisotopic (exact) mass is 245 g/mol. The molecule has 3 unspecified atom stereocenters. The SMILES string of the molecule is OC[C@@H](Cc1ccccc1)NC1CCCC2CC21. The molecule has 0 bridgehead atoms. The molecule has 0 spiro atoms. The van der Waals surface area contributed by atoms with Crippen LogP contribution in [0.3, 0.4) is 0 Å². The third-order valence-corrected chi connectivity index (χ3v) is 4.58. The van der Waals surface area contributed by atoms with E-state index in [4.69, 9.17) is 0 Å². The van der Waals surface area contributed by atoms with Gasteiger partial charge in [0.25, 0.3) is 0 Å². The van der Waals surface area contributed by atoms with Crippen LogP contribution in [0.5, 0.6) is 0 Å². The van der Waals surface area contributed by atoms with Crippen molar-refractivity contribution < 1.29 is 5.11 Å². The van der Waals surface area contributed by atoms with Gasteiger partial charge in [0.2, 0.25) is 0 Å². The lowest BCUT2D eigenvalue weighted by Gasteiger charge is -2.27. The first-order valence-electron chi connectivity index (χ1n) is 7.27. The van der Waals surface area contributed by atoms with Gasteiger partial charge in [-0.15, -0.1) is 0 Å². The zero-order chi connectivity index (χ0) is 12.4. The third-order valence-electron chi connectivity index (χ3n) is 4.58. The zero-order valence-electron chi connectivity index (χ0n) is 10.9. The Morgan fingerprint density at radius 2 is 2.06 bits per heavy atom. The Morgan fingerprint density at radius 1 is 1.22 bits per heavy atom. The highest BCUT2D eigenvalue weighted by molar-refractivity contribution is 5.16. The summed E-state index contributed by atoms with van der Waals surface area (Å²) in [6.07, 6.45) is 6.45. The lowest BCUT2D eigenvalue weighted by molar-refractivity contribution is 0.213. The van der Waals surface area contributed by atoms with Crippen molar-refractivity contribution >= 4 is 0 Å². The van der Waals surface area contributed by atoms with Crippen molar-refractivity contribution in [2.24, 2.45) is 11.8 Å². The standard InChI is InChI=1S/C16H23NO/c18-11-14(9-12-5-2-1-3-6-12)17-16-8-4-7-13-10-15(13)16/h1-3,5-6,13-18H,4,7-11H2/t13?,14-,15?,16?/m1/s1. The molecule has 4 atom stereocenters. The van der Waals surface area contributed by atoms with Gasteiger partial charge in [0.15, 0.2) is 0 Å². The summed E-state index contributed by atoms with van der Waals surface area (Å²) in [7, 11) is 0. The lowest BCUT2D eigenvalue weighted by Crippen LogP contribution is -2.44. The van der Waals surface area contributed by atoms with Gasteiger partial charge in [-0.05, 0) is 36.7 Å². The Bertz CT molecular complexity index is 378. The van der Waals surface area contributed by atoms with Crippen LogP contribution >= 0.6 is 0 Å². The number of hydrogen-bond donors (Lipinski definition) is 2. The van der Waals surface area contributed by atoms with Crippen molar-refractivity contribution in [1.82, 2.24) is 5.32 Å². The van der Waals surface area contributed by atoms with E-state index in [1.54, 1.807) is 0 Å². The lowest BCUT2D eigenvalue weighted by atomic mass is 9.94. The van der Waals surface area contributed by atoms with Gasteiger partial charge in [-0.25, -0.2) is 0 Å². The zero-order valence-corrected chi connectivity index (χ0v) is 10.9. The largest absolute Gasteiger partial charge is 0.395 e. The molecule has 2 aliphatic rings. The van der Waals surface area contributed by atoms with Gasteiger partial charge >= 0.3 is 0 Å². The second kappa shape index (κ2) is 5.41. The highest BCUT2D eigenvalue weighted by Gasteiger charge is 2.45. The number of aliphatic hydroxyl groups is 1. The molecule has 2 nitrogen and oxygen atoms in total. The molecule has 1 aromatic rings. The molecule has 0 radical (unpaired) electrons. The predicted molar refractivity (Wildman–Crippen MR) is 73.4 cm³/mol. The fourth-order valence-corrected chi connectivity index (χ4v) is 3.49. The quantitative estimate of drug-likeness (QED) is 0.834. The number of benzene rings is 1. The third kappa shape index (κ3) is 2.76. The summed E-state index contributed by atoms with van der Waals surface area (Å²) in [4.78, 5) is 0. The molecule has 2 fully saturated rings. The van der Waals surface area contributed by atoms with E-state index >= 15 is 0 Å². The van der Waals surface area contributed by atoms with Crippen LogP contribution in [-0.4, -0.2) is 23.8 Å². The van der Waals surface area contributed by atoms with Gasteiger partial charge < -0.3 is 10.4 Å². The van der Waals surface area contributed by atoms with Gasteiger partial charge in [0.05, 0.1) is 6.61 Å². The molecule has 2 heteroatoms. The van der Waals surface area contributed by atoms with Crippen LogP contribution < -0.4 is 5.32 Å². The number of rotatable bonds is 5. The minimum Gasteiger partial charge on any atom is -0.395 e. The first-order valence-corrected chi connectivity index (χ1v) is 7.27. The second-order valence-corrected chi connectivity index (χ2v) is 5.93. The highest BCUT2D eigenvalue weighted by atomic mass is 16.3. The molecule has 2 aliphatic carbocycles. The van der Waals surface area contributed by atoms with E-state index in [-0.39, 0.29) is 12.6 Å². The van der Waals surface area contributed by atoms with E-state index in [0.29, 0.717) is 6.04 Å². The average Bonchev–Trinajstić information content (AvgIpc) is 3.19. The van der Waals surface area contributed by atoms with Crippen molar-refractivity contribution in [3.05, 3.63) is 35.9 Å². The van der Waals surface area contributed by atoms with Gasteiger partial charge in [0.1, 0.15) is 0 Å². The topological polar surface area (TPSA) is 32.3 Å². The number of fused-ring (bicyclic) bond motifs is 1. The first-order chi connectivity index (χ1) is 8.86. The molecular weight excluding hydrogens is 222 g/mol. The normalized spacial score (nSPS) is 31.7. The minimum absolute atomic E-state index is 0.219. The van der Waals surface area contributed by atoms with E-state index in [1.807, 2.05) is 6.07 Å². The molecule has 0 saturated heterocycles. The molecule has 1 aromatic carbocycles. The number of hydrogen-bond acceptors (Lipinski definition) is 2. The highest BCUT2D eigenvalue weighted by Crippen LogP contribution is 2.49. The maximum Gasteiger partial charge on any atom is 0.0587 e. The first kappa shape index (κ1) is 12.2. The molecule has 98 valence electrons. The van der Waals surface area contributed by atoms with Crippen LogP contribution in [-0.2, 0) is 6.42 Å². The molecule has 0 aliphatic heterocycles. The van der Waals surface area contributed by atoms with Crippen molar-refractivity contribution in [1.29, 1.82) is 0 Å². The van der Waals surface area contributed by atoms with Crippen molar-refractivity contribution in [2.45, 2.75) is 44.2 Å². The molecular formula is C16H23NO. The van der Waals surface area contributed by atoms with E-state index < -0.39 is 0 Å². The minimum atomic E-state index is 0.219. The summed E-state index contributed by atoms with van der Waals surface area (Å²) in [6, 6.07) is 11.3. The molecule has 2 N–H and O–H groups in total. The average molecular weight is 245 g/mol. The summed E-state index contributed by atoms with van der Waals surface area (Å²) in [5.74, 6) is 1.90. The number of nitrogens with one attached hydrogen (secondary N) is 1. The Labute approximate surface area is 109 Å². The second-order valence-electron chi connectivity index (χ2n) is 5.93.